The number of aromatic amines is 1. The standard InChI is InChI=1S/C6H6N6O/c7-5(13)4-3-9-10-6(4)12-2-1-8-11-12/h1-3H,(H2,7,13)(H,9,10). The van der Waals surface area contributed by atoms with E-state index in [0.29, 0.717) is 5.82 Å². The van der Waals surface area contributed by atoms with Crippen molar-refractivity contribution in [3.63, 3.8) is 0 Å². The molecule has 0 unspecified atom stereocenters. The van der Waals surface area contributed by atoms with E-state index in [1.807, 2.05) is 0 Å². The Kier molecular flexibility index (Phi) is 1.55. The van der Waals surface area contributed by atoms with E-state index in [2.05, 4.69) is 20.5 Å². The van der Waals surface area contributed by atoms with Crippen LogP contribution in [0.4, 0.5) is 0 Å². The number of nitrogens with one attached hydrogen (secondary N) is 1. The van der Waals surface area contributed by atoms with Gasteiger partial charge < -0.3 is 5.73 Å². The summed E-state index contributed by atoms with van der Waals surface area (Å²) in [5, 5.41) is 13.6. The number of amides is 1. The molecular weight excluding hydrogens is 172 g/mol. The fraction of sp³-hybridized carbons (Fsp3) is 0. The molecule has 2 rings (SSSR count). The summed E-state index contributed by atoms with van der Waals surface area (Å²) in [6, 6.07) is 0. The summed E-state index contributed by atoms with van der Waals surface area (Å²) in [5.41, 5.74) is 5.39. The van der Waals surface area contributed by atoms with Crippen LogP contribution in [0, 0.1) is 0 Å². The third-order valence-electron chi connectivity index (χ3n) is 1.53. The number of nitrogens with two attached hydrogens (primary N) is 1. The Balaban J connectivity index is 2.52. The molecule has 0 bridgehead atoms. The van der Waals surface area contributed by atoms with Crippen molar-refractivity contribution >= 4 is 5.91 Å². The summed E-state index contributed by atoms with van der Waals surface area (Å²) in [6.45, 7) is 0. The number of primary amides is 1. The Labute approximate surface area is 72.5 Å². The second-order valence-corrected chi connectivity index (χ2v) is 2.33. The van der Waals surface area contributed by atoms with Gasteiger partial charge in [-0.15, -0.1) is 5.10 Å². The molecule has 0 aliphatic rings. The Morgan fingerprint density at radius 1 is 1.62 bits per heavy atom. The maximum absolute atomic E-state index is 10.9. The molecule has 66 valence electrons. The minimum absolute atomic E-state index is 0.283. The zero-order chi connectivity index (χ0) is 9.26. The maximum atomic E-state index is 10.9. The van der Waals surface area contributed by atoms with Crippen molar-refractivity contribution in [1.29, 1.82) is 0 Å². The van der Waals surface area contributed by atoms with Crippen LogP contribution >= 0.6 is 0 Å². The molecule has 0 aromatic carbocycles. The van der Waals surface area contributed by atoms with Gasteiger partial charge in [0.2, 0.25) is 0 Å². The van der Waals surface area contributed by atoms with Gasteiger partial charge in [-0.1, -0.05) is 5.21 Å². The van der Waals surface area contributed by atoms with Gasteiger partial charge in [0.05, 0.1) is 12.4 Å². The Bertz CT molecular complexity index is 416. The van der Waals surface area contributed by atoms with Gasteiger partial charge in [0, 0.05) is 6.20 Å². The molecule has 0 saturated carbocycles. The van der Waals surface area contributed by atoms with Crippen LogP contribution in [0.3, 0.4) is 0 Å². The van der Waals surface area contributed by atoms with E-state index in [0.717, 1.165) is 0 Å². The lowest BCUT2D eigenvalue weighted by Gasteiger charge is -1.95. The first-order valence-corrected chi connectivity index (χ1v) is 3.49. The predicted octanol–water partition coefficient (Wildman–Crippen LogP) is -0.911. The molecule has 2 heterocycles. The summed E-state index contributed by atoms with van der Waals surface area (Å²) in [6.07, 6.45) is 4.47. The minimum atomic E-state index is -0.556. The summed E-state index contributed by atoms with van der Waals surface area (Å²) < 4.78 is 1.36. The Morgan fingerprint density at radius 3 is 3.08 bits per heavy atom. The first-order chi connectivity index (χ1) is 6.29. The van der Waals surface area contributed by atoms with Gasteiger partial charge in [-0.2, -0.15) is 9.78 Å². The average molecular weight is 178 g/mol. The molecule has 0 radical (unpaired) electrons. The zero-order valence-electron chi connectivity index (χ0n) is 6.51. The summed E-state index contributed by atoms with van der Waals surface area (Å²) in [7, 11) is 0. The molecule has 2 aromatic rings. The molecular formula is C6H6N6O. The van der Waals surface area contributed by atoms with Crippen molar-refractivity contribution in [2.75, 3.05) is 0 Å². The highest BCUT2D eigenvalue weighted by molar-refractivity contribution is 5.95. The number of rotatable bonds is 2. The predicted molar refractivity (Wildman–Crippen MR) is 42.0 cm³/mol. The number of nitrogens with zero attached hydrogens (tertiary/aromatic N) is 4. The Morgan fingerprint density at radius 2 is 2.46 bits per heavy atom. The van der Waals surface area contributed by atoms with E-state index in [-0.39, 0.29) is 5.56 Å². The lowest BCUT2D eigenvalue weighted by molar-refractivity contribution is 0.1000. The van der Waals surface area contributed by atoms with Gasteiger partial charge in [0.15, 0.2) is 5.82 Å². The molecule has 0 aliphatic heterocycles. The van der Waals surface area contributed by atoms with Crippen LogP contribution in [0.25, 0.3) is 5.82 Å². The first-order valence-electron chi connectivity index (χ1n) is 3.49. The Hall–Kier alpha value is -2.18. The van der Waals surface area contributed by atoms with Gasteiger partial charge in [-0.25, -0.2) is 0 Å². The quantitative estimate of drug-likeness (QED) is 0.621. The molecule has 7 nitrogen and oxygen atoms in total. The molecule has 3 N–H and O–H groups in total. The molecule has 0 atom stereocenters. The van der Waals surface area contributed by atoms with E-state index in [4.69, 9.17) is 5.73 Å². The van der Waals surface area contributed by atoms with E-state index in [9.17, 15) is 4.79 Å². The van der Waals surface area contributed by atoms with Crippen molar-refractivity contribution in [2.45, 2.75) is 0 Å². The zero-order valence-corrected chi connectivity index (χ0v) is 6.51. The number of H-pyrrole nitrogens is 1. The minimum Gasteiger partial charge on any atom is -0.365 e. The largest absolute Gasteiger partial charge is 0.365 e. The maximum Gasteiger partial charge on any atom is 0.254 e. The topological polar surface area (TPSA) is 102 Å². The van der Waals surface area contributed by atoms with Crippen LogP contribution in [-0.2, 0) is 0 Å². The fourth-order valence-corrected chi connectivity index (χ4v) is 0.960. The van der Waals surface area contributed by atoms with Crippen molar-refractivity contribution in [3.8, 4) is 5.82 Å². The molecule has 0 spiro atoms. The smallest absolute Gasteiger partial charge is 0.254 e. The second-order valence-electron chi connectivity index (χ2n) is 2.33. The third kappa shape index (κ3) is 1.15. The first kappa shape index (κ1) is 7.47. The highest BCUT2D eigenvalue weighted by atomic mass is 16.1. The average Bonchev–Trinajstić information content (AvgIpc) is 2.74. The second kappa shape index (κ2) is 2.70. The van der Waals surface area contributed by atoms with Crippen molar-refractivity contribution in [3.05, 3.63) is 24.2 Å². The molecule has 0 saturated heterocycles. The molecule has 0 fully saturated rings. The van der Waals surface area contributed by atoms with Crippen molar-refractivity contribution in [2.24, 2.45) is 5.73 Å². The molecule has 1 amide bonds. The third-order valence-corrected chi connectivity index (χ3v) is 1.53. The van der Waals surface area contributed by atoms with Crippen LogP contribution in [0.2, 0.25) is 0 Å². The molecule has 7 heteroatoms. The number of hydrogen-bond donors (Lipinski definition) is 2. The van der Waals surface area contributed by atoms with Crippen LogP contribution in [0.15, 0.2) is 18.6 Å². The van der Waals surface area contributed by atoms with Gasteiger partial charge in [-0.05, 0) is 0 Å². The monoisotopic (exact) mass is 178 g/mol. The number of hydrogen-bond acceptors (Lipinski definition) is 4. The SMILES string of the molecule is NC(=O)c1c[nH]nc1-n1ccnn1. The van der Waals surface area contributed by atoms with Crippen molar-refractivity contribution < 1.29 is 4.79 Å². The normalized spacial score (nSPS) is 10.2. The van der Waals surface area contributed by atoms with E-state index in [1.54, 1.807) is 6.20 Å². The fourth-order valence-electron chi connectivity index (χ4n) is 0.960. The van der Waals surface area contributed by atoms with Crippen LogP contribution in [0.1, 0.15) is 10.4 Å². The molecule has 13 heavy (non-hydrogen) atoms. The van der Waals surface area contributed by atoms with E-state index < -0.39 is 5.91 Å². The highest BCUT2D eigenvalue weighted by Gasteiger charge is 2.12. The van der Waals surface area contributed by atoms with Gasteiger partial charge in [-0.3, -0.25) is 9.89 Å². The van der Waals surface area contributed by atoms with Crippen molar-refractivity contribution in [1.82, 2.24) is 25.2 Å². The van der Waals surface area contributed by atoms with Gasteiger partial charge in [0.25, 0.3) is 5.91 Å². The summed E-state index contributed by atoms with van der Waals surface area (Å²) in [5.74, 6) is -0.204. The highest BCUT2D eigenvalue weighted by Crippen LogP contribution is 2.07. The van der Waals surface area contributed by atoms with Crippen LogP contribution in [0.5, 0.6) is 0 Å². The number of carbonyl (C=O) groups is 1. The van der Waals surface area contributed by atoms with E-state index in [1.165, 1.54) is 17.1 Å². The van der Waals surface area contributed by atoms with Crippen LogP contribution in [-0.4, -0.2) is 31.1 Å². The lowest BCUT2D eigenvalue weighted by Crippen LogP contribution is -2.13. The lowest BCUT2D eigenvalue weighted by atomic mass is 10.3. The van der Waals surface area contributed by atoms with Crippen LogP contribution < -0.4 is 5.73 Å². The molecule has 0 aliphatic carbocycles. The van der Waals surface area contributed by atoms with E-state index >= 15 is 0 Å². The van der Waals surface area contributed by atoms with Gasteiger partial charge >= 0.3 is 0 Å². The van der Waals surface area contributed by atoms with Gasteiger partial charge in [0.1, 0.15) is 5.56 Å². The summed E-state index contributed by atoms with van der Waals surface area (Å²) >= 11 is 0. The number of carbonyl (C=O) groups excluding carboxylic acids is 1. The molecule has 2 aromatic heterocycles. The number of aromatic nitrogens is 5. The summed E-state index contributed by atoms with van der Waals surface area (Å²) in [4.78, 5) is 10.9.